The van der Waals surface area contributed by atoms with E-state index in [0.717, 1.165) is 5.56 Å². The highest BCUT2D eigenvalue weighted by Gasteiger charge is 2.31. The predicted molar refractivity (Wildman–Crippen MR) is 121 cm³/mol. The zero-order valence-corrected chi connectivity index (χ0v) is 18.3. The molecule has 1 aromatic heterocycles. The Bertz CT molecular complexity index is 1240. The van der Waals surface area contributed by atoms with E-state index in [-0.39, 0.29) is 30.0 Å². The van der Waals surface area contributed by atoms with E-state index >= 15 is 0 Å². The van der Waals surface area contributed by atoms with E-state index in [1.54, 1.807) is 33.3 Å². The van der Waals surface area contributed by atoms with E-state index in [0.29, 0.717) is 46.9 Å². The second kappa shape index (κ2) is 8.82. The lowest BCUT2D eigenvalue weighted by atomic mass is 9.92. The molecule has 1 atom stereocenters. The van der Waals surface area contributed by atoms with Gasteiger partial charge in [-0.1, -0.05) is 6.07 Å². The first-order valence-corrected chi connectivity index (χ1v) is 10.4. The summed E-state index contributed by atoms with van der Waals surface area (Å²) >= 11 is 0. The van der Waals surface area contributed by atoms with Gasteiger partial charge in [0.25, 0.3) is 5.56 Å². The molecule has 0 saturated heterocycles. The van der Waals surface area contributed by atoms with E-state index in [4.69, 9.17) is 9.47 Å². The fourth-order valence-corrected chi connectivity index (χ4v) is 4.17. The van der Waals surface area contributed by atoms with E-state index in [2.05, 4.69) is 10.3 Å². The van der Waals surface area contributed by atoms with Crippen molar-refractivity contribution in [1.82, 2.24) is 9.55 Å². The molecule has 32 heavy (non-hydrogen) atoms. The Hall–Kier alpha value is -3.68. The van der Waals surface area contributed by atoms with Crippen molar-refractivity contribution in [2.75, 3.05) is 19.5 Å². The van der Waals surface area contributed by atoms with Crippen LogP contribution in [0.2, 0.25) is 0 Å². The fourth-order valence-electron chi connectivity index (χ4n) is 4.17. The molecule has 166 valence electrons. The van der Waals surface area contributed by atoms with Crippen LogP contribution in [0.4, 0.5) is 5.69 Å². The first kappa shape index (κ1) is 21.5. The minimum Gasteiger partial charge on any atom is -0.497 e. The Balaban J connectivity index is 1.73. The van der Waals surface area contributed by atoms with Gasteiger partial charge in [0.1, 0.15) is 23.1 Å². The maximum absolute atomic E-state index is 13.5. The molecule has 8 nitrogen and oxygen atoms in total. The van der Waals surface area contributed by atoms with Crippen LogP contribution in [-0.4, -0.2) is 35.3 Å². The largest absolute Gasteiger partial charge is 0.497 e. The Kier molecular flexibility index (Phi) is 5.94. The SMILES string of the molecule is COc1cc(CNc2cccc3nc(C)n(C4CCC(=O)CC4=O)c(=O)c23)cc(OC)c1. The van der Waals surface area contributed by atoms with Crippen LogP contribution in [0.1, 0.15) is 36.7 Å². The normalized spacial score (nSPS) is 16.3. The van der Waals surface area contributed by atoms with Gasteiger partial charge in [0, 0.05) is 24.7 Å². The van der Waals surface area contributed by atoms with Gasteiger partial charge < -0.3 is 14.8 Å². The summed E-state index contributed by atoms with van der Waals surface area (Å²) in [5, 5.41) is 3.73. The summed E-state index contributed by atoms with van der Waals surface area (Å²) in [5.41, 5.74) is 1.80. The van der Waals surface area contributed by atoms with Gasteiger partial charge in [-0.05, 0) is 43.2 Å². The number of nitrogens with zero attached hydrogens (tertiary/aromatic N) is 2. The highest BCUT2D eigenvalue weighted by atomic mass is 16.5. The zero-order chi connectivity index (χ0) is 22.8. The molecule has 1 aliphatic carbocycles. The lowest BCUT2D eigenvalue weighted by Gasteiger charge is -2.24. The number of aryl methyl sites for hydroxylation is 1. The number of hydrogen-bond donors (Lipinski definition) is 1. The van der Waals surface area contributed by atoms with Crippen molar-refractivity contribution in [2.24, 2.45) is 0 Å². The molecule has 2 aromatic carbocycles. The molecule has 0 amide bonds. The number of carbonyl (C=O) groups is 2. The molecular weight excluding hydrogens is 410 g/mol. The maximum atomic E-state index is 13.5. The summed E-state index contributed by atoms with van der Waals surface area (Å²) in [7, 11) is 3.18. The Morgan fingerprint density at radius 1 is 1.09 bits per heavy atom. The molecule has 0 radical (unpaired) electrons. The predicted octanol–water partition coefficient (Wildman–Crippen LogP) is 3.20. The molecule has 1 heterocycles. The van der Waals surface area contributed by atoms with Crippen molar-refractivity contribution >= 4 is 28.2 Å². The highest BCUT2D eigenvalue weighted by Crippen LogP contribution is 2.27. The van der Waals surface area contributed by atoms with Crippen LogP contribution in [-0.2, 0) is 16.1 Å². The molecule has 1 N–H and O–H groups in total. The van der Waals surface area contributed by atoms with Crippen molar-refractivity contribution in [3.63, 3.8) is 0 Å². The van der Waals surface area contributed by atoms with Gasteiger partial charge >= 0.3 is 0 Å². The van der Waals surface area contributed by atoms with Crippen LogP contribution < -0.4 is 20.3 Å². The first-order chi connectivity index (χ1) is 15.4. The van der Waals surface area contributed by atoms with Gasteiger partial charge in [-0.25, -0.2) is 4.98 Å². The van der Waals surface area contributed by atoms with Crippen LogP contribution in [0.15, 0.2) is 41.2 Å². The van der Waals surface area contributed by atoms with Crippen molar-refractivity contribution in [3.8, 4) is 11.5 Å². The Labute approximate surface area is 185 Å². The third-order valence-electron chi connectivity index (χ3n) is 5.75. The summed E-state index contributed by atoms with van der Waals surface area (Å²) < 4.78 is 12.1. The third kappa shape index (κ3) is 4.08. The van der Waals surface area contributed by atoms with Gasteiger partial charge in [0.15, 0.2) is 5.78 Å². The summed E-state index contributed by atoms with van der Waals surface area (Å²) in [4.78, 5) is 42.3. The quantitative estimate of drug-likeness (QED) is 0.594. The minimum absolute atomic E-state index is 0.0817. The molecular formula is C24H25N3O5. The molecule has 1 fully saturated rings. The Morgan fingerprint density at radius 2 is 1.81 bits per heavy atom. The summed E-state index contributed by atoms with van der Waals surface area (Å²) in [6.45, 7) is 2.14. The monoisotopic (exact) mass is 435 g/mol. The number of ether oxygens (including phenoxy) is 2. The number of aromatic nitrogens is 2. The number of ketones is 2. The number of carbonyl (C=O) groups excluding carboxylic acids is 2. The number of Topliss-reactive ketones (excluding diaryl/α,β-unsaturated/α-hetero) is 2. The highest BCUT2D eigenvalue weighted by molar-refractivity contribution is 6.03. The van der Waals surface area contributed by atoms with Crippen molar-refractivity contribution in [1.29, 1.82) is 0 Å². The van der Waals surface area contributed by atoms with Gasteiger partial charge in [0.05, 0.1) is 37.6 Å². The van der Waals surface area contributed by atoms with E-state index in [1.165, 1.54) is 4.57 Å². The average Bonchev–Trinajstić information content (AvgIpc) is 2.78. The van der Waals surface area contributed by atoms with E-state index < -0.39 is 6.04 Å². The number of rotatable bonds is 6. The molecule has 0 bridgehead atoms. The minimum atomic E-state index is -0.659. The second-order valence-corrected chi connectivity index (χ2v) is 7.84. The molecule has 4 rings (SSSR count). The van der Waals surface area contributed by atoms with Gasteiger partial charge in [-0.2, -0.15) is 0 Å². The lowest BCUT2D eigenvalue weighted by molar-refractivity contribution is -0.132. The molecule has 1 aliphatic rings. The third-order valence-corrected chi connectivity index (χ3v) is 5.75. The molecule has 1 unspecified atom stereocenters. The van der Waals surface area contributed by atoms with Gasteiger partial charge in [0.2, 0.25) is 0 Å². The molecule has 0 aliphatic heterocycles. The van der Waals surface area contributed by atoms with Crippen LogP contribution in [0, 0.1) is 6.92 Å². The standard InChI is InChI=1S/C24H25N3O5/c1-14-26-20-6-4-5-19(25-13-15-9-17(31-2)12-18(10-15)32-3)23(20)24(30)27(14)21-8-7-16(28)11-22(21)29/h4-6,9-10,12,21,25H,7-8,11,13H2,1-3H3. The fraction of sp³-hybridized carbons (Fsp3) is 0.333. The number of hydrogen-bond acceptors (Lipinski definition) is 7. The van der Waals surface area contributed by atoms with Gasteiger partial charge in [-0.15, -0.1) is 0 Å². The zero-order valence-electron chi connectivity index (χ0n) is 18.3. The summed E-state index contributed by atoms with van der Waals surface area (Å²) in [5.74, 6) is 1.49. The topological polar surface area (TPSA) is 99.5 Å². The van der Waals surface area contributed by atoms with E-state index in [9.17, 15) is 14.4 Å². The first-order valence-electron chi connectivity index (χ1n) is 10.4. The van der Waals surface area contributed by atoms with Crippen LogP contribution in [0.25, 0.3) is 10.9 Å². The maximum Gasteiger partial charge on any atom is 0.264 e. The lowest BCUT2D eigenvalue weighted by Crippen LogP contribution is -2.36. The van der Waals surface area contributed by atoms with E-state index in [1.807, 2.05) is 24.3 Å². The number of nitrogens with one attached hydrogen (secondary N) is 1. The average molecular weight is 435 g/mol. The Morgan fingerprint density at radius 3 is 2.47 bits per heavy atom. The summed E-state index contributed by atoms with van der Waals surface area (Å²) in [6.07, 6.45) is 0.481. The molecule has 0 spiro atoms. The number of anilines is 1. The number of fused-ring (bicyclic) bond motifs is 1. The van der Waals surface area contributed by atoms with Crippen LogP contribution >= 0.6 is 0 Å². The number of methoxy groups -OCH3 is 2. The molecule has 8 heteroatoms. The van der Waals surface area contributed by atoms with Crippen LogP contribution in [0.3, 0.4) is 0 Å². The van der Waals surface area contributed by atoms with Crippen molar-refractivity contribution in [3.05, 3.63) is 58.1 Å². The van der Waals surface area contributed by atoms with Gasteiger partial charge in [-0.3, -0.25) is 19.0 Å². The summed E-state index contributed by atoms with van der Waals surface area (Å²) in [6, 6.07) is 10.3. The second-order valence-electron chi connectivity index (χ2n) is 7.84. The van der Waals surface area contributed by atoms with Crippen LogP contribution in [0.5, 0.6) is 11.5 Å². The number of benzene rings is 2. The molecule has 1 saturated carbocycles. The van der Waals surface area contributed by atoms with Crippen molar-refractivity contribution < 1.29 is 19.1 Å². The molecule has 3 aromatic rings. The smallest absolute Gasteiger partial charge is 0.264 e. The van der Waals surface area contributed by atoms with Crippen molar-refractivity contribution in [2.45, 2.75) is 38.8 Å².